The molecule has 1 N–H and O–H groups in total. The zero-order valence-electron chi connectivity index (χ0n) is 11.4. The van der Waals surface area contributed by atoms with E-state index in [0.717, 1.165) is 16.7 Å². The van der Waals surface area contributed by atoms with E-state index in [-0.39, 0.29) is 5.91 Å². The predicted molar refractivity (Wildman–Crippen MR) is 80.5 cm³/mol. The van der Waals surface area contributed by atoms with Gasteiger partial charge in [-0.25, -0.2) is 0 Å². The first-order chi connectivity index (χ1) is 10.3. The number of nitrogens with zero attached hydrogens (tertiary/aromatic N) is 2. The molecule has 0 aliphatic rings. The molecule has 3 rings (SSSR count). The summed E-state index contributed by atoms with van der Waals surface area (Å²) in [6, 6.07) is 12.6. The number of amides is 1. The van der Waals surface area contributed by atoms with Crippen LogP contribution in [-0.2, 0) is 0 Å². The minimum Gasteiger partial charge on any atom is -0.497 e. The van der Waals surface area contributed by atoms with E-state index >= 15 is 0 Å². The second-order valence-corrected chi connectivity index (χ2v) is 4.45. The largest absolute Gasteiger partial charge is 0.497 e. The monoisotopic (exact) mass is 279 g/mol. The Labute approximate surface area is 121 Å². The van der Waals surface area contributed by atoms with Crippen LogP contribution in [-0.4, -0.2) is 23.0 Å². The van der Waals surface area contributed by atoms with Gasteiger partial charge in [0.15, 0.2) is 0 Å². The maximum absolute atomic E-state index is 12.0. The van der Waals surface area contributed by atoms with Crippen molar-refractivity contribution in [1.29, 1.82) is 0 Å². The van der Waals surface area contributed by atoms with E-state index in [4.69, 9.17) is 4.74 Å². The van der Waals surface area contributed by atoms with Crippen LogP contribution in [0.3, 0.4) is 0 Å². The minimum absolute atomic E-state index is 0.264. The third kappa shape index (κ3) is 2.81. The Morgan fingerprint density at radius 2 is 2.05 bits per heavy atom. The van der Waals surface area contributed by atoms with E-state index in [0.29, 0.717) is 11.4 Å². The molecule has 0 saturated heterocycles. The fourth-order valence-electron chi connectivity index (χ4n) is 2.00. The molecule has 0 fully saturated rings. The number of ether oxygens (including phenoxy) is 1. The third-order valence-corrected chi connectivity index (χ3v) is 3.04. The van der Waals surface area contributed by atoms with Crippen LogP contribution in [0.25, 0.3) is 10.9 Å². The van der Waals surface area contributed by atoms with Gasteiger partial charge < -0.3 is 10.1 Å². The number of fused-ring (bicyclic) bond motifs is 1. The highest BCUT2D eigenvalue weighted by molar-refractivity contribution is 6.03. The normalized spacial score (nSPS) is 10.3. The number of benzene rings is 1. The van der Waals surface area contributed by atoms with Gasteiger partial charge in [-0.1, -0.05) is 6.07 Å². The summed E-state index contributed by atoms with van der Waals surface area (Å²) in [4.78, 5) is 20.4. The summed E-state index contributed by atoms with van der Waals surface area (Å²) in [5.41, 5.74) is 1.82. The van der Waals surface area contributed by atoms with Gasteiger partial charge in [0.2, 0.25) is 0 Å². The summed E-state index contributed by atoms with van der Waals surface area (Å²) >= 11 is 0. The lowest BCUT2D eigenvalue weighted by Gasteiger charge is -2.06. The summed E-state index contributed by atoms with van der Waals surface area (Å²) in [5.74, 6) is 0.483. The van der Waals surface area contributed by atoms with Gasteiger partial charge in [-0.15, -0.1) is 0 Å². The van der Waals surface area contributed by atoms with Crippen molar-refractivity contribution in [2.75, 3.05) is 12.4 Å². The van der Waals surface area contributed by atoms with Crippen molar-refractivity contribution in [3.8, 4) is 5.75 Å². The number of aromatic nitrogens is 2. The van der Waals surface area contributed by atoms with Crippen LogP contribution >= 0.6 is 0 Å². The Balaban J connectivity index is 1.89. The zero-order valence-corrected chi connectivity index (χ0v) is 11.4. The van der Waals surface area contributed by atoms with Gasteiger partial charge in [0.05, 0.1) is 24.5 Å². The Morgan fingerprint density at radius 1 is 1.14 bits per heavy atom. The quantitative estimate of drug-likeness (QED) is 0.800. The summed E-state index contributed by atoms with van der Waals surface area (Å²) < 4.78 is 5.19. The van der Waals surface area contributed by atoms with Crippen LogP contribution < -0.4 is 10.1 Å². The van der Waals surface area contributed by atoms with Crippen LogP contribution in [0.4, 0.5) is 5.69 Å². The summed E-state index contributed by atoms with van der Waals surface area (Å²) in [7, 11) is 1.61. The second kappa shape index (κ2) is 5.58. The van der Waals surface area contributed by atoms with E-state index in [1.165, 1.54) is 0 Å². The number of nitrogens with one attached hydrogen (secondary N) is 1. The minimum atomic E-state index is -0.264. The molecule has 0 atom stereocenters. The number of methoxy groups -OCH3 is 1. The molecular weight excluding hydrogens is 266 g/mol. The first-order valence-electron chi connectivity index (χ1n) is 6.42. The predicted octanol–water partition coefficient (Wildman–Crippen LogP) is 2.89. The van der Waals surface area contributed by atoms with Crippen LogP contribution in [0.5, 0.6) is 5.75 Å². The maximum Gasteiger partial charge on any atom is 0.274 e. The smallest absolute Gasteiger partial charge is 0.274 e. The number of anilines is 1. The van der Waals surface area contributed by atoms with E-state index in [1.54, 1.807) is 37.7 Å². The number of carbonyl (C=O) groups excluding carboxylic acids is 1. The van der Waals surface area contributed by atoms with Crippen molar-refractivity contribution >= 4 is 22.5 Å². The highest BCUT2D eigenvalue weighted by Gasteiger charge is 2.07. The standard InChI is InChI=1S/C16H13N3O2/c1-21-13-5-6-14-11(9-13)8-12(10-18-14)19-16(20)15-4-2-3-7-17-15/h2-10H,1H3,(H,19,20). The van der Waals surface area contributed by atoms with Gasteiger partial charge in [0.25, 0.3) is 5.91 Å². The van der Waals surface area contributed by atoms with E-state index < -0.39 is 0 Å². The van der Waals surface area contributed by atoms with Crippen molar-refractivity contribution < 1.29 is 9.53 Å². The number of hydrogen-bond acceptors (Lipinski definition) is 4. The molecule has 1 amide bonds. The molecule has 3 aromatic rings. The first kappa shape index (κ1) is 13.1. The molecule has 0 aliphatic carbocycles. The Bertz CT molecular complexity index is 788. The Hall–Kier alpha value is -2.95. The van der Waals surface area contributed by atoms with Crippen LogP contribution in [0, 0.1) is 0 Å². The topological polar surface area (TPSA) is 64.1 Å². The van der Waals surface area contributed by atoms with Crippen molar-refractivity contribution in [3.05, 3.63) is 60.6 Å². The maximum atomic E-state index is 12.0. The Kier molecular flexibility index (Phi) is 3.47. The fraction of sp³-hybridized carbons (Fsp3) is 0.0625. The average molecular weight is 279 g/mol. The summed E-state index contributed by atoms with van der Waals surface area (Å²) in [6.45, 7) is 0. The third-order valence-electron chi connectivity index (χ3n) is 3.04. The summed E-state index contributed by atoms with van der Waals surface area (Å²) in [6.07, 6.45) is 3.20. The molecule has 21 heavy (non-hydrogen) atoms. The second-order valence-electron chi connectivity index (χ2n) is 4.45. The molecule has 0 spiro atoms. The zero-order chi connectivity index (χ0) is 14.7. The van der Waals surface area contributed by atoms with Gasteiger partial charge in [0.1, 0.15) is 11.4 Å². The summed E-state index contributed by atoms with van der Waals surface area (Å²) in [5, 5.41) is 3.68. The lowest BCUT2D eigenvalue weighted by molar-refractivity contribution is 0.102. The highest BCUT2D eigenvalue weighted by Crippen LogP contribution is 2.22. The van der Waals surface area contributed by atoms with Gasteiger partial charge in [-0.2, -0.15) is 0 Å². The molecular formula is C16H13N3O2. The molecule has 104 valence electrons. The molecule has 1 aromatic carbocycles. The molecule has 0 unspecified atom stereocenters. The lowest BCUT2D eigenvalue weighted by Crippen LogP contribution is -2.13. The lowest BCUT2D eigenvalue weighted by atomic mass is 10.2. The average Bonchev–Trinajstić information content (AvgIpc) is 2.55. The molecule has 0 radical (unpaired) electrons. The number of pyridine rings is 2. The fourth-order valence-corrected chi connectivity index (χ4v) is 2.00. The number of hydrogen-bond donors (Lipinski definition) is 1. The van der Waals surface area contributed by atoms with Gasteiger partial charge in [0, 0.05) is 11.6 Å². The van der Waals surface area contributed by atoms with Crippen LogP contribution in [0.15, 0.2) is 54.9 Å². The van der Waals surface area contributed by atoms with Gasteiger partial charge >= 0.3 is 0 Å². The number of rotatable bonds is 3. The van der Waals surface area contributed by atoms with E-state index in [1.807, 2.05) is 24.3 Å². The van der Waals surface area contributed by atoms with Crippen molar-refractivity contribution in [2.45, 2.75) is 0 Å². The van der Waals surface area contributed by atoms with Crippen LogP contribution in [0.1, 0.15) is 10.5 Å². The van der Waals surface area contributed by atoms with E-state index in [9.17, 15) is 4.79 Å². The highest BCUT2D eigenvalue weighted by atomic mass is 16.5. The first-order valence-corrected chi connectivity index (χ1v) is 6.42. The molecule has 0 aliphatic heterocycles. The molecule has 2 aromatic heterocycles. The molecule has 2 heterocycles. The van der Waals surface area contributed by atoms with Gasteiger partial charge in [-0.3, -0.25) is 14.8 Å². The Morgan fingerprint density at radius 3 is 2.81 bits per heavy atom. The van der Waals surface area contributed by atoms with Gasteiger partial charge in [-0.05, 0) is 36.4 Å². The molecule has 0 bridgehead atoms. The molecule has 0 saturated carbocycles. The molecule has 5 nitrogen and oxygen atoms in total. The van der Waals surface area contributed by atoms with Crippen molar-refractivity contribution in [3.63, 3.8) is 0 Å². The van der Waals surface area contributed by atoms with Crippen molar-refractivity contribution in [1.82, 2.24) is 9.97 Å². The van der Waals surface area contributed by atoms with E-state index in [2.05, 4.69) is 15.3 Å². The SMILES string of the molecule is COc1ccc2ncc(NC(=O)c3ccccn3)cc2c1. The van der Waals surface area contributed by atoms with Crippen LogP contribution in [0.2, 0.25) is 0 Å². The number of carbonyl (C=O) groups is 1. The molecule has 5 heteroatoms. The van der Waals surface area contributed by atoms with Crippen molar-refractivity contribution in [2.24, 2.45) is 0 Å².